The Balaban J connectivity index is 2.52. The van der Waals surface area contributed by atoms with E-state index in [0.717, 1.165) is 37.7 Å². The number of nitrogens with zero attached hydrogens (tertiary/aromatic N) is 1. The maximum atomic E-state index is 14.5. The zero-order valence-corrected chi connectivity index (χ0v) is 27.5. The van der Waals surface area contributed by atoms with E-state index < -0.39 is 23.8 Å². The van der Waals surface area contributed by atoms with Gasteiger partial charge < -0.3 is 25.0 Å². The molecule has 0 aromatic heterocycles. The summed E-state index contributed by atoms with van der Waals surface area (Å²) in [7, 11) is 1.59. The number of aryl methyl sites for hydroxylation is 1. The standard InChI is InChI=1S/C35H53N3O5/c1-9-11-12-13-14-15-23-38(33(40)30(26(4)10-2)37-34(41)43-35(5,6)7)31(27-18-16-17-25(3)24-27)32(39)36-28-19-21-29(42-8)22-20-28/h16-22,24,26,30-31H,9-15,23H2,1-8H3,(H,36,39)(H,37,41). The molecule has 2 aromatic rings. The van der Waals surface area contributed by atoms with Gasteiger partial charge in [-0.3, -0.25) is 9.59 Å². The van der Waals surface area contributed by atoms with Gasteiger partial charge in [-0.25, -0.2) is 4.79 Å². The van der Waals surface area contributed by atoms with E-state index in [1.54, 1.807) is 57.0 Å². The lowest BCUT2D eigenvalue weighted by atomic mass is 9.95. The zero-order valence-electron chi connectivity index (χ0n) is 27.5. The summed E-state index contributed by atoms with van der Waals surface area (Å²) in [5, 5.41) is 5.86. The summed E-state index contributed by atoms with van der Waals surface area (Å²) in [5.41, 5.74) is 1.58. The predicted molar refractivity (Wildman–Crippen MR) is 173 cm³/mol. The van der Waals surface area contributed by atoms with Crippen molar-refractivity contribution in [1.29, 1.82) is 0 Å². The van der Waals surface area contributed by atoms with Gasteiger partial charge in [-0.05, 0) is 69.9 Å². The number of carbonyl (C=O) groups excluding carboxylic acids is 3. The van der Waals surface area contributed by atoms with Crippen molar-refractivity contribution < 1.29 is 23.9 Å². The Hall–Kier alpha value is -3.55. The van der Waals surface area contributed by atoms with Gasteiger partial charge in [-0.1, -0.05) is 89.1 Å². The predicted octanol–water partition coefficient (Wildman–Crippen LogP) is 7.81. The average molecular weight is 596 g/mol. The number of carbonyl (C=O) groups is 3. The van der Waals surface area contributed by atoms with Crippen molar-refractivity contribution in [3.8, 4) is 5.75 Å². The van der Waals surface area contributed by atoms with Crippen molar-refractivity contribution in [2.45, 2.75) is 111 Å². The second kappa shape index (κ2) is 17.5. The van der Waals surface area contributed by atoms with E-state index in [-0.39, 0.29) is 17.7 Å². The lowest BCUT2D eigenvalue weighted by Crippen LogP contribution is -2.55. The van der Waals surface area contributed by atoms with Crippen LogP contribution in [0.15, 0.2) is 48.5 Å². The van der Waals surface area contributed by atoms with Crippen molar-refractivity contribution >= 4 is 23.6 Å². The second-order valence-corrected chi connectivity index (χ2v) is 12.3. The average Bonchev–Trinajstić information content (AvgIpc) is 2.95. The molecule has 3 unspecified atom stereocenters. The lowest BCUT2D eigenvalue weighted by Gasteiger charge is -2.36. The number of ether oxygens (including phenoxy) is 2. The molecule has 43 heavy (non-hydrogen) atoms. The number of nitrogens with one attached hydrogen (secondary N) is 2. The number of hydrogen-bond donors (Lipinski definition) is 2. The highest BCUT2D eigenvalue weighted by atomic mass is 16.6. The number of benzene rings is 2. The molecule has 0 aliphatic carbocycles. The number of alkyl carbamates (subject to hydrolysis) is 1. The molecule has 238 valence electrons. The summed E-state index contributed by atoms with van der Waals surface area (Å²) in [4.78, 5) is 43.2. The van der Waals surface area contributed by atoms with Crippen LogP contribution >= 0.6 is 0 Å². The van der Waals surface area contributed by atoms with Gasteiger partial charge in [-0.15, -0.1) is 0 Å². The number of hydrogen-bond acceptors (Lipinski definition) is 5. The van der Waals surface area contributed by atoms with E-state index in [0.29, 0.717) is 30.0 Å². The summed E-state index contributed by atoms with van der Waals surface area (Å²) >= 11 is 0. The normalized spacial score (nSPS) is 13.4. The smallest absolute Gasteiger partial charge is 0.408 e. The quantitative estimate of drug-likeness (QED) is 0.193. The number of methoxy groups -OCH3 is 1. The molecule has 2 N–H and O–H groups in total. The first-order valence-electron chi connectivity index (χ1n) is 15.7. The SMILES string of the molecule is CCCCCCCCN(C(=O)C(NC(=O)OC(C)(C)C)C(C)CC)C(C(=O)Nc1ccc(OC)cc1)c1cccc(C)c1. The molecule has 0 radical (unpaired) electrons. The van der Waals surface area contributed by atoms with Crippen LogP contribution in [0.25, 0.3) is 0 Å². The molecule has 0 aliphatic heterocycles. The molecule has 3 atom stereocenters. The van der Waals surface area contributed by atoms with Gasteiger partial charge >= 0.3 is 6.09 Å². The van der Waals surface area contributed by atoms with Gasteiger partial charge in [0, 0.05) is 12.2 Å². The van der Waals surface area contributed by atoms with Crippen molar-refractivity contribution in [2.75, 3.05) is 19.0 Å². The molecular formula is C35H53N3O5. The van der Waals surface area contributed by atoms with Crippen LogP contribution in [0, 0.1) is 12.8 Å². The Bertz CT molecular complexity index is 1160. The third kappa shape index (κ3) is 11.9. The molecule has 2 aromatic carbocycles. The van der Waals surface area contributed by atoms with Gasteiger partial charge in [0.15, 0.2) is 0 Å². The molecule has 3 amide bonds. The van der Waals surface area contributed by atoms with Crippen LogP contribution in [0.4, 0.5) is 10.5 Å². The first-order chi connectivity index (χ1) is 20.4. The fourth-order valence-electron chi connectivity index (χ4n) is 4.92. The van der Waals surface area contributed by atoms with Crippen LogP contribution in [0.1, 0.15) is 104 Å². The van der Waals surface area contributed by atoms with E-state index in [1.165, 1.54) is 6.42 Å². The summed E-state index contributed by atoms with van der Waals surface area (Å²) in [5.74, 6) is -0.131. The Labute approximate surface area is 258 Å². The molecule has 2 rings (SSSR count). The van der Waals surface area contributed by atoms with Gasteiger partial charge in [0.1, 0.15) is 23.4 Å². The van der Waals surface area contributed by atoms with Crippen LogP contribution < -0.4 is 15.4 Å². The van der Waals surface area contributed by atoms with Crippen molar-refractivity contribution in [1.82, 2.24) is 10.2 Å². The van der Waals surface area contributed by atoms with Gasteiger partial charge in [0.05, 0.1) is 7.11 Å². The molecule has 0 fully saturated rings. The van der Waals surface area contributed by atoms with E-state index in [9.17, 15) is 14.4 Å². The summed E-state index contributed by atoms with van der Waals surface area (Å²) in [6.45, 7) is 13.8. The molecular weight excluding hydrogens is 542 g/mol. The molecule has 8 heteroatoms. The van der Waals surface area contributed by atoms with Crippen LogP contribution in [0.3, 0.4) is 0 Å². The van der Waals surface area contributed by atoms with E-state index in [1.807, 2.05) is 45.0 Å². The van der Waals surface area contributed by atoms with Crippen LogP contribution in [0.2, 0.25) is 0 Å². The number of amides is 3. The first kappa shape index (κ1) is 35.6. The molecule has 8 nitrogen and oxygen atoms in total. The van der Waals surface area contributed by atoms with Crippen molar-refractivity contribution in [2.24, 2.45) is 5.92 Å². The number of rotatable bonds is 16. The highest BCUT2D eigenvalue weighted by Crippen LogP contribution is 2.28. The Morgan fingerprint density at radius 3 is 2.16 bits per heavy atom. The fourth-order valence-corrected chi connectivity index (χ4v) is 4.92. The summed E-state index contributed by atoms with van der Waals surface area (Å²) < 4.78 is 10.8. The maximum Gasteiger partial charge on any atom is 0.408 e. The van der Waals surface area contributed by atoms with E-state index >= 15 is 0 Å². The van der Waals surface area contributed by atoms with Crippen LogP contribution in [-0.2, 0) is 14.3 Å². The third-order valence-electron chi connectivity index (χ3n) is 7.46. The molecule has 0 spiro atoms. The Morgan fingerprint density at radius 1 is 0.930 bits per heavy atom. The Morgan fingerprint density at radius 2 is 1.58 bits per heavy atom. The second-order valence-electron chi connectivity index (χ2n) is 12.3. The van der Waals surface area contributed by atoms with Gasteiger partial charge in [-0.2, -0.15) is 0 Å². The van der Waals surface area contributed by atoms with Crippen molar-refractivity contribution in [3.63, 3.8) is 0 Å². The van der Waals surface area contributed by atoms with Crippen LogP contribution in [0.5, 0.6) is 5.75 Å². The maximum absolute atomic E-state index is 14.5. The van der Waals surface area contributed by atoms with Crippen LogP contribution in [-0.4, -0.2) is 48.1 Å². The highest BCUT2D eigenvalue weighted by Gasteiger charge is 2.38. The molecule has 0 bridgehead atoms. The topological polar surface area (TPSA) is 97.0 Å². The minimum Gasteiger partial charge on any atom is -0.497 e. The first-order valence-corrected chi connectivity index (χ1v) is 15.7. The molecule has 0 heterocycles. The summed E-state index contributed by atoms with van der Waals surface area (Å²) in [6, 6.07) is 13.0. The highest BCUT2D eigenvalue weighted by molar-refractivity contribution is 5.99. The molecule has 0 saturated heterocycles. The van der Waals surface area contributed by atoms with Crippen molar-refractivity contribution in [3.05, 3.63) is 59.7 Å². The summed E-state index contributed by atoms with van der Waals surface area (Å²) in [6.07, 6.45) is 6.22. The monoisotopic (exact) mass is 595 g/mol. The number of anilines is 1. The Kier molecular flexibility index (Phi) is 14.5. The minimum atomic E-state index is -0.905. The zero-order chi connectivity index (χ0) is 32.0. The van der Waals surface area contributed by atoms with Gasteiger partial charge in [0.2, 0.25) is 5.91 Å². The number of unbranched alkanes of at least 4 members (excludes halogenated alkanes) is 5. The largest absolute Gasteiger partial charge is 0.497 e. The minimum absolute atomic E-state index is 0.185. The molecule has 0 aliphatic rings. The van der Waals surface area contributed by atoms with E-state index in [2.05, 4.69) is 17.6 Å². The van der Waals surface area contributed by atoms with Gasteiger partial charge in [0.25, 0.3) is 5.91 Å². The third-order valence-corrected chi connectivity index (χ3v) is 7.46. The van der Waals surface area contributed by atoms with E-state index in [4.69, 9.17) is 9.47 Å². The fraction of sp³-hybridized carbons (Fsp3) is 0.571. The molecule has 0 saturated carbocycles. The lowest BCUT2D eigenvalue weighted by molar-refractivity contribution is -0.142.